The smallest absolute Gasteiger partial charge is 0.332 e. The summed E-state index contributed by atoms with van der Waals surface area (Å²) in [6.45, 7) is 5.13. The zero-order valence-corrected chi connectivity index (χ0v) is 9.52. The molecule has 0 aliphatic heterocycles. The first kappa shape index (κ1) is 12.1. The molecule has 0 bridgehead atoms. The Bertz CT molecular complexity index is 439. The Hall–Kier alpha value is -1.96. The fraction of sp³-hybridized carbons (Fsp3) is 0.455. The maximum absolute atomic E-state index is 11.7. The Kier molecular flexibility index (Phi) is 3.56. The van der Waals surface area contributed by atoms with Gasteiger partial charge in [0.1, 0.15) is 5.82 Å². The standard InChI is InChI=1S/C11H13N3O2/c1-4-16-10(15)11(3,7-12)9-5-6-13-8(2)14-9/h5-6H,4H2,1-3H3. The molecule has 0 fully saturated rings. The van der Waals surface area contributed by atoms with Crippen LogP contribution < -0.4 is 0 Å². The van der Waals surface area contributed by atoms with Gasteiger partial charge < -0.3 is 4.74 Å². The molecule has 1 rings (SSSR count). The lowest BCUT2D eigenvalue weighted by molar-refractivity contribution is -0.147. The molecule has 0 radical (unpaired) electrons. The molecule has 1 aromatic heterocycles. The second-order valence-electron chi connectivity index (χ2n) is 3.45. The average Bonchev–Trinajstić information content (AvgIpc) is 2.28. The van der Waals surface area contributed by atoms with Crippen molar-refractivity contribution in [3.05, 3.63) is 23.8 Å². The van der Waals surface area contributed by atoms with Crippen LogP contribution in [-0.2, 0) is 14.9 Å². The molecule has 0 amide bonds. The van der Waals surface area contributed by atoms with E-state index in [0.29, 0.717) is 11.5 Å². The molecule has 0 aliphatic rings. The fourth-order valence-electron chi connectivity index (χ4n) is 1.22. The van der Waals surface area contributed by atoms with Crippen LogP contribution in [0, 0.1) is 18.3 Å². The van der Waals surface area contributed by atoms with Gasteiger partial charge in [-0.25, -0.2) is 14.8 Å². The maximum atomic E-state index is 11.7. The molecule has 16 heavy (non-hydrogen) atoms. The van der Waals surface area contributed by atoms with Crippen molar-refractivity contribution in [2.45, 2.75) is 26.2 Å². The third-order valence-corrected chi connectivity index (χ3v) is 2.20. The first-order valence-corrected chi connectivity index (χ1v) is 4.93. The van der Waals surface area contributed by atoms with Crippen LogP contribution in [0.1, 0.15) is 25.4 Å². The number of carbonyl (C=O) groups excluding carboxylic acids is 1. The van der Waals surface area contributed by atoms with Crippen molar-refractivity contribution in [3.8, 4) is 6.07 Å². The molecular weight excluding hydrogens is 206 g/mol. The normalized spacial score (nSPS) is 13.6. The van der Waals surface area contributed by atoms with E-state index < -0.39 is 11.4 Å². The van der Waals surface area contributed by atoms with Crippen molar-refractivity contribution in [1.29, 1.82) is 5.26 Å². The lowest BCUT2D eigenvalue weighted by Gasteiger charge is -2.18. The van der Waals surface area contributed by atoms with Crippen LogP contribution in [0.25, 0.3) is 0 Å². The molecule has 1 atom stereocenters. The lowest BCUT2D eigenvalue weighted by atomic mass is 9.88. The number of rotatable bonds is 3. The molecule has 0 saturated heterocycles. The zero-order valence-electron chi connectivity index (χ0n) is 9.52. The number of nitriles is 1. The quantitative estimate of drug-likeness (QED) is 0.712. The molecule has 0 spiro atoms. The summed E-state index contributed by atoms with van der Waals surface area (Å²) in [7, 11) is 0. The number of ether oxygens (including phenoxy) is 1. The van der Waals surface area contributed by atoms with Crippen LogP contribution in [0.3, 0.4) is 0 Å². The number of hydrogen-bond donors (Lipinski definition) is 0. The van der Waals surface area contributed by atoms with Gasteiger partial charge in [-0.15, -0.1) is 0 Å². The van der Waals surface area contributed by atoms with Crippen molar-refractivity contribution < 1.29 is 9.53 Å². The Labute approximate surface area is 94.1 Å². The Morgan fingerprint density at radius 2 is 2.38 bits per heavy atom. The van der Waals surface area contributed by atoms with Crippen molar-refractivity contribution >= 4 is 5.97 Å². The highest BCUT2D eigenvalue weighted by molar-refractivity contribution is 5.85. The lowest BCUT2D eigenvalue weighted by Crippen LogP contribution is -2.34. The van der Waals surface area contributed by atoms with Crippen LogP contribution >= 0.6 is 0 Å². The van der Waals surface area contributed by atoms with E-state index in [4.69, 9.17) is 10.00 Å². The number of nitrogens with zero attached hydrogens (tertiary/aromatic N) is 3. The molecule has 5 nitrogen and oxygen atoms in total. The minimum Gasteiger partial charge on any atom is -0.465 e. The van der Waals surface area contributed by atoms with Gasteiger partial charge in [-0.1, -0.05) is 0 Å². The first-order chi connectivity index (χ1) is 7.54. The van der Waals surface area contributed by atoms with E-state index in [1.807, 2.05) is 6.07 Å². The topological polar surface area (TPSA) is 75.9 Å². The predicted octanol–water partition coefficient (Wildman–Crippen LogP) is 1.13. The molecule has 0 N–H and O–H groups in total. The average molecular weight is 219 g/mol. The Morgan fingerprint density at radius 1 is 1.69 bits per heavy atom. The van der Waals surface area contributed by atoms with Gasteiger partial charge in [-0.3, -0.25) is 0 Å². The summed E-state index contributed by atoms with van der Waals surface area (Å²) in [4.78, 5) is 19.7. The SMILES string of the molecule is CCOC(=O)C(C)(C#N)c1ccnc(C)n1. The summed E-state index contributed by atoms with van der Waals surface area (Å²) in [6.07, 6.45) is 1.52. The van der Waals surface area contributed by atoms with Crippen molar-refractivity contribution in [1.82, 2.24) is 9.97 Å². The number of esters is 1. The van der Waals surface area contributed by atoms with Crippen LogP contribution in [0.2, 0.25) is 0 Å². The number of carbonyl (C=O) groups is 1. The van der Waals surface area contributed by atoms with Crippen LogP contribution in [-0.4, -0.2) is 22.5 Å². The number of hydrogen-bond acceptors (Lipinski definition) is 5. The van der Waals surface area contributed by atoms with Gasteiger partial charge in [0.15, 0.2) is 5.41 Å². The van der Waals surface area contributed by atoms with Crippen LogP contribution in [0.5, 0.6) is 0 Å². The van der Waals surface area contributed by atoms with E-state index in [2.05, 4.69) is 9.97 Å². The van der Waals surface area contributed by atoms with Crippen molar-refractivity contribution in [2.24, 2.45) is 0 Å². The summed E-state index contributed by atoms with van der Waals surface area (Å²) in [6, 6.07) is 3.49. The minimum atomic E-state index is -1.37. The number of aryl methyl sites for hydroxylation is 1. The van der Waals surface area contributed by atoms with Crippen LogP contribution in [0.4, 0.5) is 0 Å². The van der Waals surface area contributed by atoms with E-state index in [1.165, 1.54) is 13.1 Å². The molecule has 0 aliphatic carbocycles. The molecular formula is C11H13N3O2. The summed E-state index contributed by atoms with van der Waals surface area (Å²) < 4.78 is 4.87. The molecule has 1 heterocycles. The van der Waals surface area contributed by atoms with E-state index in [9.17, 15) is 4.79 Å². The van der Waals surface area contributed by atoms with E-state index in [1.54, 1.807) is 19.9 Å². The first-order valence-electron chi connectivity index (χ1n) is 4.93. The largest absolute Gasteiger partial charge is 0.465 e. The highest BCUT2D eigenvalue weighted by atomic mass is 16.5. The van der Waals surface area contributed by atoms with Gasteiger partial charge in [-0.2, -0.15) is 5.26 Å². The summed E-state index contributed by atoms with van der Waals surface area (Å²) in [5, 5.41) is 9.12. The second-order valence-corrected chi connectivity index (χ2v) is 3.45. The molecule has 1 aromatic rings. The van der Waals surface area contributed by atoms with Gasteiger partial charge in [0.2, 0.25) is 0 Å². The van der Waals surface area contributed by atoms with Crippen molar-refractivity contribution in [2.75, 3.05) is 6.61 Å². The van der Waals surface area contributed by atoms with Gasteiger partial charge in [0.05, 0.1) is 18.4 Å². The van der Waals surface area contributed by atoms with Gasteiger partial charge in [-0.05, 0) is 26.8 Å². The van der Waals surface area contributed by atoms with Gasteiger partial charge in [0, 0.05) is 6.20 Å². The molecule has 1 unspecified atom stereocenters. The van der Waals surface area contributed by atoms with Gasteiger partial charge in [0.25, 0.3) is 0 Å². The molecule has 0 aromatic carbocycles. The third-order valence-electron chi connectivity index (χ3n) is 2.20. The summed E-state index contributed by atoms with van der Waals surface area (Å²) >= 11 is 0. The second kappa shape index (κ2) is 4.71. The van der Waals surface area contributed by atoms with E-state index >= 15 is 0 Å². The Balaban J connectivity index is 3.16. The van der Waals surface area contributed by atoms with Gasteiger partial charge >= 0.3 is 5.97 Å². The fourth-order valence-corrected chi connectivity index (χ4v) is 1.22. The molecule has 84 valence electrons. The van der Waals surface area contributed by atoms with Crippen molar-refractivity contribution in [3.63, 3.8) is 0 Å². The summed E-state index contributed by atoms with van der Waals surface area (Å²) in [5.41, 5.74) is -1.01. The third kappa shape index (κ3) is 2.16. The zero-order chi connectivity index (χ0) is 12.2. The monoisotopic (exact) mass is 219 g/mol. The summed E-state index contributed by atoms with van der Waals surface area (Å²) in [5.74, 6) is -0.0705. The van der Waals surface area contributed by atoms with E-state index in [-0.39, 0.29) is 6.61 Å². The molecule has 0 saturated carbocycles. The number of aromatic nitrogens is 2. The highest BCUT2D eigenvalue weighted by Gasteiger charge is 2.38. The minimum absolute atomic E-state index is 0.236. The Morgan fingerprint density at radius 3 is 2.88 bits per heavy atom. The molecule has 5 heteroatoms. The maximum Gasteiger partial charge on any atom is 0.332 e. The predicted molar refractivity (Wildman–Crippen MR) is 56.4 cm³/mol. The van der Waals surface area contributed by atoms with E-state index in [0.717, 1.165) is 0 Å². The van der Waals surface area contributed by atoms with Crippen LogP contribution in [0.15, 0.2) is 12.3 Å². The highest BCUT2D eigenvalue weighted by Crippen LogP contribution is 2.22.